The van der Waals surface area contributed by atoms with Crippen LogP contribution in [-0.4, -0.2) is 28.7 Å². The highest BCUT2D eigenvalue weighted by Crippen LogP contribution is 2.27. The molecule has 0 saturated carbocycles. The van der Waals surface area contributed by atoms with Gasteiger partial charge in [-0.25, -0.2) is 8.78 Å². The predicted molar refractivity (Wildman–Crippen MR) is 106 cm³/mol. The Morgan fingerprint density at radius 3 is 2.07 bits per heavy atom. The van der Waals surface area contributed by atoms with Crippen molar-refractivity contribution in [3.05, 3.63) is 101 Å². The monoisotopic (exact) mass is 406 g/mol. The minimum Gasteiger partial charge on any atom is -0.322 e. The van der Waals surface area contributed by atoms with Gasteiger partial charge < -0.3 is 5.32 Å². The number of fused-ring (bicyclic) bond motifs is 1. The van der Waals surface area contributed by atoms with Crippen molar-refractivity contribution >= 4 is 23.4 Å². The maximum Gasteiger partial charge on any atom is 0.262 e. The van der Waals surface area contributed by atoms with Gasteiger partial charge in [0.25, 0.3) is 11.8 Å². The van der Waals surface area contributed by atoms with Gasteiger partial charge in [-0.2, -0.15) is 0 Å². The molecule has 5 nitrogen and oxygen atoms in total. The summed E-state index contributed by atoms with van der Waals surface area (Å²) in [7, 11) is 0. The topological polar surface area (TPSA) is 66.5 Å². The van der Waals surface area contributed by atoms with Crippen LogP contribution in [0.1, 0.15) is 26.3 Å². The average molecular weight is 406 g/mol. The van der Waals surface area contributed by atoms with E-state index in [1.807, 2.05) is 0 Å². The van der Waals surface area contributed by atoms with Gasteiger partial charge in [-0.15, -0.1) is 0 Å². The summed E-state index contributed by atoms with van der Waals surface area (Å²) in [5.41, 5.74) is 0.896. The maximum absolute atomic E-state index is 14.0. The van der Waals surface area contributed by atoms with E-state index in [0.717, 1.165) is 17.0 Å². The summed E-state index contributed by atoms with van der Waals surface area (Å²) < 4.78 is 27.2. The van der Waals surface area contributed by atoms with E-state index in [2.05, 4.69) is 5.32 Å². The standard InChI is InChI=1S/C23H16F2N2O3/c24-15-10-11-19(18(25)13-15)26-21(28)20(12-14-6-2-1-3-7-14)27-22(29)16-8-4-5-9-17(16)23(27)30/h1-11,13,20H,12H2,(H,26,28)/t20-/m0/s1. The van der Waals surface area contributed by atoms with Crippen molar-refractivity contribution in [3.8, 4) is 0 Å². The van der Waals surface area contributed by atoms with Crippen LogP contribution in [0.4, 0.5) is 14.5 Å². The summed E-state index contributed by atoms with van der Waals surface area (Å²) in [6, 6.07) is 16.7. The van der Waals surface area contributed by atoms with E-state index in [4.69, 9.17) is 0 Å². The third-order valence-electron chi connectivity index (χ3n) is 4.90. The second-order valence-corrected chi connectivity index (χ2v) is 6.84. The van der Waals surface area contributed by atoms with Gasteiger partial charge in [0.2, 0.25) is 5.91 Å². The molecule has 4 rings (SSSR count). The molecule has 0 spiro atoms. The highest BCUT2D eigenvalue weighted by atomic mass is 19.1. The number of imide groups is 1. The number of nitrogens with zero attached hydrogens (tertiary/aromatic N) is 1. The molecule has 0 fully saturated rings. The molecule has 0 saturated heterocycles. The number of nitrogens with one attached hydrogen (secondary N) is 1. The molecule has 7 heteroatoms. The van der Waals surface area contributed by atoms with Crippen LogP contribution in [0.2, 0.25) is 0 Å². The molecule has 1 aliphatic heterocycles. The zero-order valence-corrected chi connectivity index (χ0v) is 15.6. The summed E-state index contributed by atoms with van der Waals surface area (Å²) in [5, 5.41) is 2.38. The van der Waals surface area contributed by atoms with Crippen LogP contribution in [0.3, 0.4) is 0 Å². The molecular weight excluding hydrogens is 390 g/mol. The fourth-order valence-electron chi connectivity index (χ4n) is 3.44. The van der Waals surface area contributed by atoms with Crippen molar-refractivity contribution in [2.24, 2.45) is 0 Å². The van der Waals surface area contributed by atoms with Crippen LogP contribution in [0, 0.1) is 11.6 Å². The largest absolute Gasteiger partial charge is 0.322 e. The molecule has 0 unspecified atom stereocenters. The summed E-state index contributed by atoms with van der Waals surface area (Å²) >= 11 is 0. The average Bonchev–Trinajstić information content (AvgIpc) is 3.00. The molecule has 30 heavy (non-hydrogen) atoms. The second-order valence-electron chi connectivity index (χ2n) is 6.84. The van der Waals surface area contributed by atoms with Crippen LogP contribution >= 0.6 is 0 Å². The SMILES string of the molecule is O=C(Nc1ccc(F)cc1F)[C@H](Cc1ccccc1)N1C(=O)c2ccccc2C1=O. The molecular formula is C23H16F2N2O3. The molecule has 3 aromatic rings. The van der Waals surface area contributed by atoms with Crippen LogP contribution in [0.15, 0.2) is 72.8 Å². The highest BCUT2D eigenvalue weighted by Gasteiger charge is 2.42. The fraction of sp³-hybridized carbons (Fsp3) is 0.0870. The molecule has 0 radical (unpaired) electrons. The lowest BCUT2D eigenvalue weighted by atomic mass is 10.0. The Morgan fingerprint density at radius 1 is 0.867 bits per heavy atom. The van der Waals surface area contributed by atoms with E-state index in [-0.39, 0.29) is 23.2 Å². The smallest absolute Gasteiger partial charge is 0.262 e. The summed E-state index contributed by atoms with van der Waals surface area (Å²) in [6.07, 6.45) is 0.0426. The number of carbonyl (C=O) groups excluding carboxylic acids is 3. The van der Waals surface area contributed by atoms with E-state index < -0.39 is 35.4 Å². The molecule has 1 atom stereocenters. The van der Waals surface area contributed by atoms with Crippen molar-refractivity contribution in [2.75, 3.05) is 5.32 Å². The van der Waals surface area contributed by atoms with Gasteiger partial charge in [0, 0.05) is 12.5 Å². The molecule has 1 heterocycles. The molecule has 0 bridgehead atoms. The lowest BCUT2D eigenvalue weighted by Gasteiger charge is -2.25. The van der Waals surface area contributed by atoms with Gasteiger partial charge >= 0.3 is 0 Å². The number of carbonyl (C=O) groups is 3. The number of rotatable bonds is 5. The van der Waals surface area contributed by atoms with E-state index in [1.165, 1.54) is 12.1 Å². The first-order chi connectivity index (χ1) is 14.5. The normalized spacial score (nSPS) is 13.9. The Bertz CT molecular complexity index is 1110. The Labute approximate surface area is 170 Å². The number of hydrogen-bond acceptors (Lipinski definition) is 3. The van der Waals surface area contributed by atoms with Gasteiger partial charge in [-0.3, -0.25) is 19.3 Å². The molecule has 3 aromatic carbocycles. The maximum atomic E-state index is 14.0. The Kier molecular flexibility index (Phi) is 5.10. The van der Waals surface area contributed by atoms with E-state index >= 15 is 0 Å². The van der Waals surface area contributed by atoms with Crippen molar-refractivity contribution in [2.45, 2.75) is 12.5 Å². The molecule has 0 aromatic heterocycles. The third kappa shape index (κ3) is 3.57. The Hall–Kier alpha value is -3.87. The second kappa shape index (κ2) is 7.87. The lowest BCUT2D eigenvalue weighted by molar-refractivity contribution is -0.120. The minimum absolute atomic E-state index is 0.0426. The summed E-state index contributed by atoms with van der Waals surface area (Å²) in [5.74, 6) is -3.67. The highest BCUT2D eigenvalue weighted by molar-refractivity contribution is 6.23. The van der Waals surface area contributed by atoms with E-state index in [1.54, 1.807) is 42.5 Å². The van der Waals surface area contributed by atoms with Gasteiger partial charge in [-0.1, -0.05) is 42.5 Å². The predicted octanol–water partition coefficient (Wildman–Crippen LogP) is 3.81. The van der Waals surface area contributed by atoms with Crippen molar-refractivity contribution in [1.29, 1.82) is 0 Å². The van der Waals surface area contributed by atoms with Gasteiger partial charge in [-0.05, 0) is 29.8 Å². The Balaban J connectivity index is 1.69. The summed E-state index contributed by atoms with van der Waals surface area (Å²) in [4.78, 5) is 39.8. The minimum atomic E-state index is -1.22. The van der Waals surface area contributed by atoms with Crippen molar-refractivity contribution in [1.82, 2.24) is 4.90 Å². The molecule has 0 aliphatic carbocycles. The molecule has 1 N–H and O–H groups in total. The van der Waals surface area contributed by atoms with Crippen LogP contribution < -0.4 is 5.32 Å². The zero-order chi connectivity index (χ0) is 21.3. The summed E-state index contributed by atoms with van der Waals surface area (Å²) in [6.45, 7) is 0. The zero-order valence-electron chi connectivity index (χ0n) is 15.6. The number of amides is 3. The van der Waals surface area contributed by atoms with Crippen LogP contribution in [0.25, 0.3) is 0 Å². The van der Waals surface area contributed by atoms with Gasteiger partial charge in [0.1, 0.15) is 17.7 Å². The Morgan fingerprint density at radius 2 is 1.47 bits per heavy atom. The first-order valence-electron chi connectivity index (χ1n) is 9.22. The van der Waals surface area contributed by atoms with E-state index in [0.29, 0.717) is 11.6 Å². The quantitative estimate of drug-likeness (QED) is 0.656. The van der Waals surface area contributed by atoms with Crippen molar-refractivity contribution < 1.29 is 23.2 Å². The van der Waals surface area contributed by atoms with E-state index in [9.17, 15) is 23.2 Å². The number of anilines is 1. The molecule has 3 amide bonds. The lowest BCUT2D eigenvalue weighted by Crippen LogP contribution is -2.48. The first-order valence-corrected chi connectivity index (χ1v) is 9.22. The van der Waals surface area contributed by atoms with Crippen LogP contribution in [-0.2, 0) is 11.2 Å². The molecule has 1 aliphatic rings. The first kappa shape index (κ1) is 19.4. The molecule has 150 valence electrons. The van der Waals surface area contributed by atoms with Crippen molar-refractivity contribution in [3.63, 3.8) is 0 Å². The van der Waals surface area contributed by atoms with Gasteiger partial charge in [0.15, 0.2) is 0 Å². The third-order valence-corrected chi connectivity index (χ3v) is 4.90. The number of halogens is 2. The number of benzene rings is 3. The number of hydrogen-bond donors (Lipinski definition) is 1. The van der Waals surface area contributed by atoms with Crippen LogP contribution in [0.5, 0.6) is 0 Å². The fourth-order valence-corrected chi connectivity index (χ4v) is 3.44. The van der Waals surface area contributed by atoms with Gasteiger partial charge in [0.05, 0.1) is 16.8 Å².